The van der Waals surface area contributed by atoms with Gasteiger partial charge in [0.25, 0.3) is 0 Å². The van der Waals surface area contributed by atoms with E-state index in [9.17, 15) is 23.1 Å². The Kier molecular flexibility index (Phi) is 6.17. The third-order valence-electron chi connectivity index (χ3n) is 3.09. The van der Waals surface area contributed by atoms with Gasteiger partial charge >= 0.3 is 6.18 Å². The maximum Gasteiger partial charge on any atom is 0.423 e. The first-order chi connectivity index (χ1) is 9.81. The molecule has 1 atom stereocenters. The van der Waals surface area contributed by atoms with E-state index in [0.717, 1.165) is 0 Å². The molecular formula is C14H19F3N2O2. The summed E-state index contributed by atoms with van der Waals surface area (Å²) in [6, 6.07) is 6.72. The summed E-state index contributed by atoms with van der Waals surface area (Å²) in [5.74, 6) is -0.524. The molecule has 118 valence electrons. The van der Waals surface area contributed by atoms with Gasteiger partial charge in [0, 0.05) is 6.42 Å². The number of rotatable bonds is 7. The fraction of sp³-hybridized carbons (Fsp3) is 0.500. The van der Waals surface area contributed by atoms with Crippen LogP contribution in [-0.4, -0.2) is 37.3 Å². The molecule has 0 fully saturated rings. The largest absolute Gasteiger partial charge is 0.423 e. The minimum atomic E-state index is -4.88. The van der Waals surface area contributed by atoms with E-state index in [4.69, 9.17) is 0 Å². The van der Waals surface area contributed by atoms with Gasteiger partial charge in [0.15, 0.2) is 0 Å². The molecule has 0 spiro atoms. The molecule has 21 heavy (non-hydrogen) atoms. The third kappa shape index (κ3) is 4.71. The topological polar surface area (TPSA) is 61.4 Å². The van der Waals surface area contributed by atoms with Gasteiger partial charge in [-0.05, 0) is 25.6 Å². The van der Waals surface area contributed by atoms with Crippen LogP contribution in [0.5, 0.6) is 0 Å². The Morgan fingerprint density at radius 1 is 1.24 bits per heavy atom. The summed E-state index contributed by atoms with van der Waals surface area (Å²) in [6.07, 6.45) is -4.27. The number of carbonyl (C=O) groups excluding carboxylic acids is 1. The smallest absolute Gasteiger partial charge is 0.375 e. The van der Waals surface area contributed by atoms with Gasteiger partial charge in [0.1, 0.15) is 0 Å². The minimum Gasteiger partial charge on any atom is -0.375 e. The molecule has 1 aromatic carbocycles. The lowest BCUT2D eigenvalue weighted by molar-refractivity contribution is -0.264. The molecule has 0 saturated carbocycles. The van der Waals surface area contributed by atoms with Gasteiger partial charge in [-0.3, -0.25) is 4.79 Å². The van der Waals surface area contributed by atoms with E-state index in [-0.39, 0.29) is 12.0 Å². The van der Waals surface area contributed by atoms with E-state index in [2.05, 4.69) is 10.6 Å². The second kappa shape index (κ2) is 7.42. The predicted octanol–water partition coefficient (Wildman–Crippen LogP) is 1.55. The van der Waals surface area contributed by atoms with Crippen LogP contribution >= 0.6 is 0 Å². The van der Waals surface area contributed by atoms with Gasteiger partial charge in [0.2, 0.25) is 11.5 Å². The van der Waals surface area contributed by atoms with Crippen LogP contribution in [-0.2, 0) is 10.4 Å². The zero-order valence-electron chi connectivity index (χ0n) is 11.7. The first kappa shape index (κ1) is 17.5. The zero-order valence-corrected chi connectivity index (χ0v) is 11.7. The third-order valence-corrected chi connectivity index (χ3v) is 3.09. The molecule has 1 unspecified atom stereocenters. The highest BCUT2D eigenvalue weighted by molar-refractivity contribution is 5.76. The van der Waals surface area contributed by atoms with Crippen molar-refractivity contribution in [3.63, 3.8) is 0 Å². The Balaban J connectivity index is 2.75. The molecule has 0 saturated heterocycles. The van der Waals surface area contributed by atoms with Gasteiger partial charge in [-0.1, -0.05) is 30.3 Å². The van der Waals surface area contributed by atoms with E-state index in [0.29, 0.717) is 13.0 Å². The van der Waals surface area contributed by atoms with E-state index >= 15 is 0 Å². The van der Waals surface area contributed by atoms with Gasteiger partial charge in [-0.15, -0.1) is 0 Å². The monoisotopic (exact) mass is 304 g/mol. The molecule has 0 aliphatic heterocycles. The van der Waals surface area contributed by atoms with Crippen molar-refractivity contribution in [2.75, 3.05) is 20.1 Å². The van der Waals surface area contributed by atoms with Crippen molar-refractivity contribution in [2.45, 2.75) is 24.6 Å². The van der Waals surface area contributed by atoms with Crippen molar-refractivity contribution in [3.05, 3.63) is 35.9 Å². The average Bonchev–Trinajstić information content (AvgIpc) is 2.44. The standard InChI is InChI=1S/C14H19F3N2O2/c1-18-9-5-8-12(20)19-10-13(21,14(15,16)17)11-6-3-2-4-7-11/h2-4,6-7,18,21H,5,8-10H2,1H3,(H,19,20). The summed E-state index contributed by atoms with van der Waals surface area (Å²) in [6.45, 7) is -0.311. The van der Waals surface area contributed by atoms with E-state index in [1.165, 1.54) is 24.3 Å². The van der Waals surface area contributed by atoms with Crippen LogP contribution in [0.1, 0.15) is 18.4 Å². The van der Waals surface area contributed by atoms with Gasteiger partial charge < -0.3 is 15.7 Å². The van der Waals surface area contributed by atoms with Gasteiger partial charge in [-0.2, -0.15) is 13.2 Å². The number of carbonyl (C=O) groups is 1. The molecule has 0 aromatic heterocycles. The molecule has 1 rings (SSSR count). The van der Waals surface area contributed by atoms with Crippen LogP contribution in [0.3, 0.4) is 0 Å². The number of halogens is 3. The Bertz CT molecular complexity index is 451. The molecular weight excluding hydrogens is 285 g/mol. The normalized spacial score (nSPS) is 14.5. The van der Waals surface area contributed by atoms with Crippen LogP contribution in [0.25, 0.3) is 0 Å². The highest BCUT2D eigenvalue weighted by Crippen LogP contribution is 2.38. The molecule has 1 aromatic rings. The molecule has 3 N–H and O–H groups in total. The lowest BCUT2D eigenvalue weighted by Gasteiger charge is -2.31. The maximum absolute atomic E-state index is 13.1. The number of nitrogens with one attached hydrogen (secondary N) is 2. The van der Waals surface area contributed by atoms with Crippen molar-refractivity contribution in [3.8, 4) is 0 Å². The Morgan fingerprint density at radius 3 is 2.38 bits per heavy atom. The second-order valence-electron chi connectivity index (χ2n) is 4.71. The number of hydrogen-bond donors (Lipinski definition) is 3. The second-order valence-corrected chi connectivity index (χ2v) is 4.71. The molecule has 0 bridgehead atoms. The maximum atomic E-state index is 13.1. The van der Waals surface area contributed by atoms with Crippen LogP contribution in [0, 0.1) is 0 Å². The van der Waals surface area contributed by atoms with Gasteiger partial charge in [-0.25, -0.2) is 0 Å². The number of amides is 1. The van der Waals surface area contributed by atoms with Crippen LogP contribution in [0.2, 0.25) is 0 Å². The molecule has 0 radical (unpaired) electrons. The van der Waals surface area contributed by atoms with Crippen LogP contribution < -0.4 is 10.6 Å². The van der Waals surface area contributed by atoms with Crippen LogP contribution in [0.4, 0.5) is 13.2 Å². The molecule has 7 heteroatoms. The first-order valence-corrected chi connectivity index (χ1v) is 6.57. The molecule has 4 nitrogen and oxygen atoms in total. The SMILES string of the molecule is CNCCCC(=O)NCC(O)(c1ccccc1)C(F)(F)F. The summed E-state index contributed by atoms with van der Waals surface area (Å²) >= 11 is 0. The van der Waals surface area contributed by atoms with Crippen LogP contribution in [0.15, 0.2) is 30.3 Å². The van der Waals surface area contributed by atoms with E-state index in [1.54, 1.807) is 13.1 Å². The summed E-state index contributed by atoms with van der Waals surface area (Å²) in [4.78, 5) is 11.5. The van der Waals surface area contributed by atoms with E-state index < -0.39 is 24.2 Å². The number of alkyl halides is 3. The Hall–Kier alpha value is -1.60. The average molecular weight is 304 g/mol. The molecule has 0 aliphatic rings. The fourth-order valence-electron chi connectivity index (χ4n) is 1.82. The zero-order chi connectivity index (χ0) is 15.9. The molecule has 0 heterocycles. The number of hydrogen-bond acceptors (Lipinski definition) is 3. The van der Waals surface area contributed by atoms with E-state index in [1.807, 2.05) is 0 Å². The van der Waals surface area contributed by atoms with Crippen molar-refractivity contribution in [1.29, 1.82) is 0 Å². The summed E-state index contributed by atoms with van der Waals surface area (Å²) in [7, 11) is 1.72. The lowest BCUT2D eigenvalue weighted by atomic mass is 9.93. The van der Waals surface area contributed by atoms with Crippen molar-refractivity contribution in [1.82, 2.24) is 10.6 Å². The first-order valence-electron chi connectivity index (χ1n) is 6.57. The number of benzene rings is 1. The minimum absolute atomic E-state index is 0.101. The number of aliphatic hydroxyl groups is 1. The molecule has 0 aliphatic carbocycles. The Labute approximate surface area is 121 Å². The highest BCUT2D eigenvalue weighted by Gasteiger charge is 2.55. The lowest BCUT2D eigenvalue weighted by Crippen LogP contribution is -2.51. The summed E-state index contributed by atoms with van der Waals surface area (Å²) in [5, 5.41) is 15.0. The Morgan fingerprint density at radius 2 is 1.86 bits per heavy atom. The molecule has 1 amide bonds. The summed E-state index contributed by atoms with van der Waals surface area (Å²) in [5.41, 5.74) is -3.39. The predicted molar refractivity (Wildman–Crippen MR) is 72.6 cm³/mol. The fourth-order valence-corrected chi connectivity index (χ4v) is 1.82. The van der Waals surface area contributed by atoms with Crippen molar-refractivity contribution < 1.29 is 23.1 Å². The summed E-state index contributed by atoms with van der Waals surface area (Å²) < 4.78 is 39.4. The van der Waals surface area contributed by atoms with Crippen molar-refractivity contribution >= 4 is 5.91 Å². The van der Waals surface area contributed by atoms with Gasteiger partial charge in [0.05, 0.1) is 6.54 Å². The van der Waals surface area contributed by atoms with Crippen molar-refractivity contribution in [2.24, 2.45) is 0 Å². The highest BCUT2D eigenvalue weighted by atomic mass is 19.4. The quantitative estimate of drug-likeness (QED) is 0.670.